The van der Waals surface area contributed by atoms with Gasteiger partial charge in [0.2, 0.25) is 10.0 Å². The monoisotopic (exact) mass is 375 g/mol. The van der Waals surface area contributed by atoms with E-state index in [0.717, 1.165) is 11.3 Å². The Morgan fingerprint density at radius 3 is 2.81 bits per heavy atom. The Hall–Kier alpha value is -2.85. The second kappa shape index (κ2) is 6.15. The van der Waals surface area contributed by atoms with Gasteiger partial charge in [0, 0.05) is 31.5 Å². The molecule has 136 valence electrons. The van der Waals surface area contributed by atoms with Gasteiger partial charge < -0.3 is 13.5 Å². The summed E-state index contributed by atoms with van der Waals surface area (Å²) in [7, 11) is -3.67. The fraction of sp³-hybridized carbons (Fsp3) is 0.250. The van der Waals surface area contributed by atoms with Crippen LogP contribution < -0.4 is 4.72 Å². The van der Waals surface area contributed by atoms with Crippen molar-refractivity contribution in [2.75, 3.05) is 6.54 Å². The summed E-state index contributed by atoms with van der Waals surface area (Å²) in [5, 5.41) is 8.13. The molecule has 4 aromatic heterocycles. The minimum Gasteiger partial charge on any atom is -0.463 e. The maximum Gasteiger partial charge on any atom is 0.246 e. The van der Waals surface area contributed by atoms with Gasteiger partial charge in [-0.1, -0.05) is 5.16 Å². The molecule has 10 heteroatoms. The SMILES string of the molecule is Cc1noc(C)c1S(=O)(=O)NCCn1ccn2nc(-c3ccco3)cc12. The quantitative estimate of drug-likeness (QED) is 0.552. The number of furan rings is 1. The average molecular weight is 375 g/mol. The lowest BCUT2D eigenvalue weighted by Gasteiger charge is -2.07. The van der Waals surface area contributed by atoms with Gasteiger partial charge in [0.15, 0.2) is 11.5 Å². The van der Waals surface area contributed by atoms with Crippen LogP contribution in [0.3, 0.4) is 0 Å². The molecule has 0 saturated carbocycles. The predicted molar refractivity (Wildman–Crippen MR) is 92.0 cm³/mol. The Morgan fingerprint density at radius 1 is 1.27 bits per heavy atom. The maximum absolute atomic E-state index is 12.4. The Balaban J connectivity index is 1.50. The van der Waals surface area contributed by atoms with Crippen molar-refractivity contribution in [3.05, 3.63) is 48.3 Å². The van der Waals surface area contributed by atoms with Crippen LogP contribution in [0.15, 0.2) is 50.7 Å². The molecule has 9 nitrogen and oxygen atoms in total. The first kappa shape index (κ1) is 16.6. The molecule has 4 heterocycles. The number of hydrogen-bond donors (Lipinski definition) is 1. The van der Waals surface area contributed by atoms with Gasteiger partial charge in [-0.3, -0.25) is 0 Å². The van der Waals surface area contributed by atoms with Crippen molar-refractivity contribution in [3.63, 3.8) is 0 Å². The van der Waals surface area contributed by atoms with E-state index >= 15 is 0 Å². The molecule has 0 spiro atoms. The van der Waals surface area contributed by atoms with Crippen LogP contribution in [0.2, 0.25) is 0 Å². The molecule has 4 aromatic rings. The van der Waals surface area contributed by atoms with Crippen LogP contribution in [0.25, 0.3) is 17.1 Å². The number of rotatable bonds is 6. The third-order valence-corrected chi connectivity index (χ3v) is 5.76. The van der Waals surface area contributed by atoms with E-state index in [-0.39, 0.29) is 17.2 Å². The summed E-state index contributed by atoms with van der Waals surface area (Å²) >= 11 is 0. The number of aromatic nitrogens is 4. The number of fused-ring (bicyclic) bond motifs is 1. The molecule has 0 aliphatic carbocycles. The number of nitrogens with zero attached hydrogens (tertiary/aromatic N) is 4. The van der Waals surface area contributed by atoms with Gasteiger partial charge in [0.05, 0.1) is 6.26 Å². The molecular formula is C16H17N5O4S. The van der Waals surface area contributed by atoms with E-state index in [4.69, 9.17) is 8.94 Å². The van der Waals surface area contributed by atoms with Crippen LogP contribution in [-0.4, -0.2) is 34.3 Å². The molecule has 0 atom stereocenters. The summed E-state index contributed by atoms with van der Waals surface area (Å²) < 4.78 is 41.4. The van der Waals surface area contributed by atoms with E-state index < -0.39 is 10.0 Å². The lowest BCUT2D eigenvalue weighted by atomic mass is 10.3. The Bertz CT molecular complexity index is 1130. The number of aryl methyl sites for hydroxylation is 2. The van der Waals surface area contributed by atoms with Crippen molar-refractivity contribution in [3.8, 4) is 11.5 Å². The second-order valence-electron chi connectivity index (χ2n) is 5.85. The van der Waals surface area contributed by atoms with Crippen LogP contribution in [0, 0.1) is 13.8 Å². The fourth-order valence-corrected chi connectivity index (χ4v) is 4.24. The number of sulfonamides is 1. The summed E-state index contributed by atoms with van der Waals surface area (Å²) in [5.74, 6) is 0.955. The average Bonchev–Trinajstić information content (AvgIpc) is 3.32. The fourth-order valence-electron chi connectivity index (χ4n) is 2.89. The van der Waals surface area contributed by atoms with Crippen molar-refractivity contribution < 1.29 is 17.4 Å². The molecule has 0 aromatic carbocycles. The van der Waals surface area contributed by atoms with Gasteiger partial charge in [0.25, 0.3) is 0 Å². The second-order valence-corrected chi connectivity index (χ2v) is 7.56. The first-order valence-corrected chi connectivity index (χ1v) is 9.45. The van der Waals surface area contributed by atoms with E-state index in [2.05, 4.69) is 15.0 Å². The van der Waals surface area contributed by atoms with Crippen LogP contribution >= 0.6 is 0 Å². The zero-order valence-electron chi connectivity index (χ0n) is 14.2. The molecule has 0 fully saturated rings. The molecule has 0 bridgehead atoms. The summed E-state index contributed by atoms with van der Waals surface area (Å²) in [6, 6.07) is 5.53. The molecule has 26 heavy (non-hydrogen) atoms. The largest absolute Gasteiger partial charge is 0.463 e. The normalized spacial score (nSPS) is 12.2. The topological polar surface area (TPSA) is 108 Å². The zero-order chi connectivity index (χ0) is 18.3. The van der Waals surface area contributed by atoms with Gasteiger partial charge in [-0.15, -0.1) is 0 Å². The minimum atomic E-state index is -3.67. The standard InChI is InChI=1S/C16H17N5O4S/c1-11-16(12(2)25-19-11)26(22,23)17-5-6-20-7-8-21-15(20)10-13(18-21)14-4-3-9-24-14/h3-4,7-10,17H,5-6H2,1-2H3. The Morgan fingerprint density at radius 2 is 2.12 bits per heavy atom. The predicted octanol–water partition coefficient (Wildman–Crippen LogP) is 1.98. The summed E-state index contributed by atoms with van der Waals surface area (Å²) in [5.41, 5.74) is 1.90. The van der Waals surface area contributed by atoms with Crippen LogP contribution in [-0.2, 0) is 16.6 Å². The zero-order valence-corrected chi connectivity index (χ0v) is 15.0. The molecule has 0 amide bonds. The molecule has 0 aliphatic rings. The highest BCUT2D eigenvalue weighted by atomic mass is 32.2. The first-order valence-electron chi connectivity index (χ1n) is 7.96. The number of hydrogen-bond acceptors (Lipinski definition) is 6. The van der Waals surface area contributed by atoms with Gasteiger partial charge in [-0.25, -0.2) is 17.7 Å². The molecule has 4 rings (SSSR count). The molecule has 0 unspecified atom stereocenters. The van der Waals surface area contributed by atoms with Gasteiger partial charge in [-0.05, 0) is 26.0 Å². The molecule has 0 saturated heterocycles. The van der Waals surface area contributed by atoms with Crippen molar-refractivity contribution in [1.82, 2.24) is 24.1 Å². The van der Waals surface area contributed by atoms with Crippen molar-refractivity contribution in [2.45, 2.75) is 25.3 Å². The van der Waals surface area contributed by atoms with Crippen molar-refractivity contribution in [1.29, 1.82) is 0 Å². The van der Waals surface area contributed by atoms with E-state index in [1.165, 1.54) is 0 Å². The Labute approximate surface area is 149 Å². The van der Waals surface area contributed by atoms with E-state index in [1.807, 2.05) is 29.1 Å². The lowest BCUT2D eigenvalue weighted by Crippen LogP contribution is -2.28. The number of imidazole rings is 1. The van der Waals surface area contributed by atoms with Crippen molar-refractivity contribution >= 4 is 15.7 Å². The van der Waals surface area contributed by atoms with Crippen LogP contribution in [0.4, 0.5) is 0 Å². The molecular weight excluding hydrogens is 358 g/mol. The molecule has 1 N–H and O–H groups in total. The van der Waals surface area contributed by atoms with E-state index in [9.17, 15) is 8.42 Å². The third-order valence-electron chi connectivity index (χ3n) is 4.05. The molecule has 0 radical (unpaired) electrons. The lowest BCUT2D eigenvalue weighted by molar-refractivity contribution is 0.390. The minimum absolute atomic E-state index is 0.0969. The van der Waals surface area contributed by atoms with Crippen LogP contribution in [0.5, 0.6) is 0 Å². The third kappa shape index (κ3) is 2.82. The summed E-state index contributed by atoms with van der Waals surface area (Å²) in [6.45, 7) is 3.84. The summed E-state index contributed by atoms with van der Waals surface area (Å²) in [6.07, 6.45) is 5.25. The van der Waals surface area contributed by atoms with Crippen molar-refractivity contribution in [2.24, 2.45) is 0 Å². The van der Waals surface area contributed by atoms with Gasteiger partial charge >= 0.3 is 0 Å². The highest BCUT2D eigenvalue weighted by Crippen LogP contribution is 2.21. The first-order chi connectivity index (χ1) is 12.5. The van der Waals surface area contributed by atoms with E-state index in [0.29, 0.717) is 18.0 Å². The number of nitrogens with one attached hydrogen (secondary N) is 1. The van der Waals surface area contributed by atoms with Crippen LogP contribution in [0.1, 0.15) is 11.5 Å². The van der Waals surface area contributed by atoms with Gasteiger partial charge in [-0.2, -0.15) is 5.10 Å². The Kier molecular flexibility index (Phi) is 3.93. The maximum atomic E-state index is 12.4. The highest BCUT2D eigenvalue weighted by Gasteiger charge is 2.23. The van der Waals surface area contributed by atoms with Gasteiger partial charge in [0.1, 0.15) is 21.9 Å². The molecule has 0 aliphatic heterocycles. The van der Waals surface area contributed by atoms with E-state index in [1.54, 1.807) is 30.7 Å². The highest BCUT2D eigenvalue weighted by molar-refractivity contribution is 7.89. The summed E-state index contributed by atoms with van der Waals surface area (Å²) in [4.78, 5) is 0.0969. The smallest absolute Gasteiger partial charge is 0.246 e.